The van der Waals surface area contributed by atoms with Crippen molar-refractivity contribution in [1.29, 1.82) is 0 Å². The molecule has 1 fully saturated rings. The second-order valence-electron chi connectivity index (χ2n) is 6.03. The van der Waals surface area contributed by atoms with Crippen molar-refractivity contribution in [3.8, 4) is 11.4 Å². The Morgan fingerprint density at radius 2 is 2.08 bits per heavy atom. The number of likely N-dealkylation sites (tertiary alicyclic amines) is 1. The van der Waals surface area contributed by atoms with E-state index < -0.39 is 0 Å². The van der Waals surface area contributed by atoms with Crippen LogP contribution >= 0.6 is 11.3 Å². The first-order chi connectivity index (χ1) is 12.3. The Morgan fingerprint density at radius 3 is 2.88 bits per heavy atom. The minimum absolute atomic E-state index is 0.0468. The molecular weight excluding hydrogens is 336 g/mol. The van der Waals surface area contributed by atoms with Crippen molar-refractivity contribution in [3.05, 3.63) is 52.8 Å². The lowest BCUT2D eigenvalue weighted by Crippen LogP contribution is -2.34. The molecule has 1 amide bonds. The van der Waals surface area contributed by atoms with E-state index in [9.17, 15) is 4.79 Å². The third kappa shape index (κ3) is 3.32. The van der Waals surface area contributed by atoms with E-state index in [0.717, 1.165) is 36.1 Å². The molecule has 4 heterocycles. The zero-order chi connectivity index (χ0) is 17.1. The summed E-state index contributed by atoms with van der Waals surface area (Å²) < 4.78 is 5.54. The molecule has 7 heteroatoms. The average molecular weight is 354 g/mol. The molecule has 4 rings (SSSR count). The van der Waals surface area contributed by atoms with Crippen LogP contribution in [0.2, 0.25) is 0 Å². The molecule has 6 nitrogen and oxygen atoms in total. The van der Waals surface area contributed by atoms with E-state index in [1.54, 1.807) is 12.4 Å². The van der Waals surface area contributed by atoms with Gasteiger partial charge in [0, 0.05) is 24.5 Å². The van der Waals surface area contributed by atoms with Gasteiger partial charge in [-0.2, -0.15) is 4.98 Å². The lowest BCUT2D eigenvalue weighted by Gasteiger charge is -2.26. The standard InChI is InChI=1S/C18H18N4O2S/c23-18(15-6-4-12-25-15)22-11-3-1-2-5-14(22)17-20-16(21-24-17)13-7-9-19-10-8-13/h4,6-10,12,14H,1-3,5,11H2. The Bertz CT molecular complexity index is 832. The second kappa shape index (κ2) is 7.14. The van der Waals surface area contributed by atoms with Crippen molar-refractivity contribution in [2.75, 3.05) is 6.54 Å². The topological polar surface area (TPSA) is 72.1 Å². The van der Waals surface area contributed by atoms with Crippen LogP contribution in [0.15, 0.2) is 46.6 Å². The SMILES string of the molecule is O=C(c1cccs1)N1CCCCCC1c1nc(-c2ccncc2)no1. The van der Waals surface area contributed by atoms with E-state index >= 15 is 0 Å². The second-order valence-corrected chi connectivity index (χ2v) is 6.98. The van der Waals surface area contributed by atoms with Crippen LogP contribution < -0.4 is 0 Å². The van der Waals surface area contributed by atoms with Crippen molar-refractivity contribution >= 4 is 17.2 Å². The van der Waals surface area contributed by atoms with Crippen molar-refractivity contribution in [3.63, 3.8) is 0 Å². The van der Waals surface area contributed by atoms with Gasteiger partial charge in [0.25, 0.3) is 5.91 Å². The molecule has 25 heavy (non-hydrogen) atoms. The lowest BCUT2D eigenvalue weighted by atomic mass is 10.1. The quantitative estimate of drug-likeness (QED) is 0.712. The van der Waals surface area contributed by atoms with Crippen LogP contribution in [0.1, 0.15) is 47.3 Å². The molecule has 1 saturated heterocycles. The Balaban J connectivity index is 1.64. The van der Waals surface area contributed by atoms with Gasteiger partial charge in [-0.1, -0.05) is 24.1 Å². The minimum Gasteiger partial charge on any atom is -0.337 e. The maximum Gasteiger partial charge on any atom is 0.264 e. The number of pyridine rings is 1. The third-order valence-corrected chi connectivity index (χ3v) is 5.27. The summed E-state index contributed by atoms with van der Waals surface area (Å²) in [5, 5.41) is 6.02. The summed E-state index contributed by atoms with van der Waals surface area (Å²) in [5.41, 5.74) is 0.856. The van der Waals surface area contributed by atoms with Gasteiger partial charge in [-0.15, -0.1) is 11.3 Å². The normalized spacial score (nSPS) is 18.1. The summed E-state index contributed by atoms with van der Waals surface area (Å²) in [4.78, 5) is 24.1. The van der Waals surface area contributed by atoms with Crippen molar-refractivity contribution in [2.45, 2.75) is 31.7 Å². The molecule has 3 aromatic heterocycles. The van der Waals surface area contributed by atoms with Crippen LogP contribution in [-0.2, 0) is 0 Å². The fraction of sp³-hybridized carbons (Fsp3) is 0.333. The van der Waals surface area contributed by atoms with E-state index in [4.69, 9.17) is 4.52 Å². The number of aromatic nitrogens is 3. The Hall–Kier alpha value is -2.54. The van der Waals surface area contributed by atoms with Gasteiger partial charge in [0.2, 0.25) is 11.7 Å². The smallest absolute Gasteiger partial charge is 0.264 e. The minimum atomic E-state index is -0.166. The van der Waals surface area contributed by atoms with Crippen LogP contribution in [0.25, 0.3) is 11.4 Å². The number of carbonyl (C=O) groups is 1. The van der Waals surface area contributed by atoms with E-state index in [1.807, 2.05) is 34.5 Å². The maximum absolute atomic E-state index is 12.9. The molecule has 1 aliphatic heterocycles. The Labute approximate surface area is 149 Å². The third-order valence-electron chi connectivity index (χ3n) is 4.41. The summed E-state index contributed by atoms with van der Waals surface area (Å²) in [7, 11) is 0. The van der Waals surface area contributed by atoms with Crippen LogP contribution in [0.4, 0.5) is 0 Å². The summed E-state index contributed by atoms with van der Waals surface area (Å²) in [6, 6.07) is 7.29. The molecule has 0 saturated carbocycles. The number of amides is 1. The molecule has 0 radical (unpaired) electrons. The van der Waals surface area contributed by atoms with Crippen LogP contribution in [-0.4, -0.2) is 32.5 Å². The molecule has 0 aromatic carbocycles. The fourth-order valence-electron chi connectivity index (χ4n) is 3.14. The summed E-state index contributed by atoms with van der Waals surface area (Å²) in [6.45, 7) is 0.717. The highest BCUT2D eigenvalue weighted by Gasteiger charge is 2.32. The number of carbonyl (C=O) groups excluding carboxylic acids is 1. The molecule has 3 aromatic rings. The highest BCUT2D eigenvalue weighted by Crippen LogP contribution is 2.32. The zero-order valence-corrected chi connectivity index (χ0v) is 14.5. The molecule has 1 unspecified atom stereocenters. The Kier molecular flexibility index (Phi) is 4.56. The molecular formula is C18H18N4O2S. The zero-order valence-electron chi connectivity index (χ0n) is 13.7. The van der Waals surface area contributed by atoms with Gasteiger partial charge in [-0.3, -0.25) is 9.78 Å². The van der Waals surface area contributed by atoms with Crippen molar-refractivity contribution < 1.29 is 9.32 Å². The van der Waals surface area contributed by atoms with Crippen LogP contribution in [0.5, 0.6) is 0 Å². The van der Waals surface area contributed by atoms with Crippen LogP contribution in [0.3, 0.4) is 0 Å². The van der Waals surface area contributed by atoms with E-state index in [2.05, 4.69) is 15.1 Å². The summed E-state index contributed by atoms with van der Waals surface area (Å²) in [6.07, 6.45) is 7.39. The fourth-order valence-corrected chi connectivity index (χ4v) is 3.82. The van der Waals surface area contributed by atoms with Crippen molar-refractivity contribution in [2.24, 2.45) is 0 Å². The van der Waals surface area contributed by atoms with Gasteiger partial charge in [-0.25, -0.2) is 0 Å². The van der Waals surface area contributed by atoms with Gasteiger partial charge in [0.05, 0.1) is 4.88 Å². The van der Waals surface area contributed by atoms with Gasteiger partial charge in [0.1, 0.15) is 6.04 Å². The molecule has 1 atom stereocenters. The van der Waals surface area contributed by atoms with E-state index in [-0.39, 0.29) is 11.9 Å². The predicted octanol–water partition coefficient (Wildman–Crippen LogP) is 3.95. The van der Waals surface area contributed by atoms with E-state index in [1.165, 1.54) is 11.3 Å². The van der Waals surface area contributed by atoms with E-state index in [0.29, 0.717) is 18.3 Å². The first-order valence-electron chi connectivity index (χ1n) is 8.41. The highest BCUT2D eigenvalue weighted by atomic mass is 32.1. The lowest BCUT2D eigenvalue weighted by molar-refractivity contribution is 0.0649. The number of hydrogen-bond acceptors (Lipinski definition) is 6. The predicted molar refractivity (Wildman–Crippen MR) is 94.1 cm³/mol. The van der Waals surface area contributed by atoms with Crippen molar-refractivity contribution in [1.82, 2.24) is 20.0 Å². The molecule has 128 valence electrons. The number of thiophene rings is 1. The number of rotatable bonds is 3. The molecule has 0 N–H and O–H groups in total. The molecule has 1 aliphatic rings. The highest BCUT2D eigenvalue weighted by molar-refractivity contribution is 7.12. The number of hydrogen-bond donors (Lipinski definition) is 0. The van der Waals surface area contributed by atoms with Gasteiger partial charge >= 0.3 is 0 Å². The summed E-state index contributed by atoms with van der Waals surface area (Å²) in [5.74, 6) is 1.09. The van der Waals surface area contributed by atoms with Gasteiger partial charge in [-0.05, 0) is 36.4 Å². The molecule has 0 bridgehead atoms. The summed E-state index contributed by atoms with van der Waals surface area (Å²) >= 11 is 1.47. The first kappa shape index (κ1) is 16.0. The van der Waals surface area contributed by atoms with Crippen LogP contribution in [0, 0.1) is 0 Å². The van der Waals surface area contributed by atoms with Gasteiger partial charge in [0.15, 0.2) is 0 Å². The first-order valence-corrected chi connectivity index (χ1v) is 9.29. The Morgan fingerprint density at radius 1 is 1.20 bits per heavy atom. The molecule has 0 aliphatic carbocycles. The monoisotopic (exact) mass is 354 g/mol. The molecule has 0 spiro atoms. The largest absolute Gasteiger partial charge is 0.337 e. The number of nitrogens with zero attached hydrogens (tertiary/aromatic N) is 4. The maximum atomic E-state index is 12.9. The average Bonchev–Trinajstić information content (AvgIpc) is 3.30. The van der Waals surface area contributed by atoms with Gasteiger partial charge < -0.3 is 9.42 Å².